The van der Waals surface area contributed by atoms with Crippen LogP contribution in [0.15, 0.2) is 60.9 Å². The first-order valence-corrected chi connectivity index (χ1v) is 10.8. The number of carboxylic acid groups (broad SMARTS) is 1. The number of fused-ring (bicyclic) bond motifs is 3. The number of hydrogen-bond donors (Lipinski definition) is 2. The number of aliphatic carboxylic acids is 1. The summed E-state index contributed by atoms with van der Waals surface area (Å²) in [6.45, 7) is 3.64. The van der Waals surface area contributed by atoms with Gasteiger partial charge in [-0.05, 0) is 41.2 Å². The molecular formula is C25H27N3O4. The molecule has 32 heavy (non-hydrogen) atoms. The summed E-state index contributed by atoms with van der Waals surface area (Å²) in [6.07, 6.45) is 4.60. The summed E-state index contributed by atoms with van der Waals surface area (Å²) in [6, 6.07) is 16.1. The average Bonchev–Trinajstić information content (AvgIpc) is 3.34. The Bertz CT molecular complexity index is 1090. The van der Waals surface area contributed by atoms with Gasteiger partial charge in [-0.2, -0.15) is 5.10 Å². The first-order valence-electron chi connectivity index (χ1n) is 10.8. The lowest BCUT2D eigenvalue weighted by molar-refractivity contribution is -0.144. The summed E-state index contributed by atoms with van der Waals surface area (Å²) >= 11 is 0. The van der Waals surface area contributed by atoms with Gasteiger partial charge >= 0.3 is 12.1 Å². The zero-order chi connectivity index (χ0) is 22.7. The van der Waals surface area contributed by atoms with Gasteiger partial charge in [0.05, 0.1) is 12.7 Å². The van der Waals surface area contributed by atoms with Crippen LogP contribution in [0.25, 0.3) is 11.1 Å². The summed E-state index contributed by atoms with van der Waals surface area (Å²) in [7, 11) is 0. The van der Waals surface area contributed by atoms with Crippen LogP contribution in [0.2, 0.25) is 0 Å². The zero-order valence-electron chi connectivity index (χ0n) is 18.2. The maximum atomic E-state index is 12.6. The number of alkyl carbamates (subject to hydrolysis) is 1. The van der Waals surface area contributed by atoms with E-state index in [0.29, 0.717) is 0 Å². The third kappa shape index (κ3) is 4.23. The number of aromatic nitrogens is 2. The number of carbonyl (C=O) groups is 2. The van der Waals surface area contributed by atoms with Crippen molar-refractivity contribution in [1.82, 2.24) is 15.1 Å². The maximum Gasteiger partial charge on any atom is 0.408 e. The molecule has 0 radical (unpaired) electrons. The third-order valence-corrected chi connectivity index (χ3v) is 5.90. The molecule has 0 saturated carbocycles. The summed E-state index contributed by atoms with van der Waals surface area (Å²) < 4.78 is 7.07. The molecule has 2 N–H and O–H groups in total. The van der Waals surface area contributed by atoms with Crippen molar-refractivity contribution >= 4 is 12.1 Å². The Kier molecular flexibility index (Phi) is 5.99. The van der Waals surface area contributed by atoms with E-state index in [2.05, 4.69) is 29.5 Å². The van der Waals surface area contributed by atoms with Gasteiger partial charge in [0.2, 0.25) is 0 Å². The average molecular weight is 434 g/mol. The van der Waals surface area contributed by atoms with E-state index in [4.69, 9.17) is 4.74 Å². The molecule has 1 atom stereocenters. The highest BCUT2D eigenvalue weighted by atomic mass is 16.5. The van der Waals surface area contributed by atoms with Gasteiger partial charge in [-0.25, -0.2) is 9.59 Å². The molecule has 1 aromatic heterocycles. The van der Waals surface area contributed by atoms with Crippen molar-refractivity contribution in [3.05, 3.63) is 77.6 Å². The molecule has 4 rings (SSSR count). The van der Waals surface area contributed by atoms with Gasteiger partial charge in [0.1, 0.15) is 6.61 Å². The molecule has 166 valence electrons. The fourth-order valence-corrected chi connectivity index (χ4v) is 4.26. The summed E-state index contributed by atoms with van der Waals surface area (Å²) in [4.78, 5) is 24.6. The molecule has 1 aliphatic carbocycles. The molecule has 2 aromatic carbocycles. The van der Waals surface area contributed by atoms with E-state index in [9.17, 15) is 14.7 Å². The lowest BCUT2D eigenvalue weighted by Crippen LogP contribution is -2.55. The Morgan fingerprint density at radius 2 is 1.75 bits per heavy atom. The van der Waals surface area contributed by atoms with E-state index in [0.717, 1.165) is 40.7 Å². The van der Waals surface area contributed by atoms with Crippen LogP contribution in [0.4, 0.5) is 4.79 Å². The molecule has 1 aliphatic rings. The van der Waals surface area contributed by atoms with Gasteiger partial charge in [-0.15, -0.1) is 0 Å². The Hall–Kier alpha value is -3.61. The number of aryl methyl sites for hydroxylation is 1. The number of amides is 1. The quantitative estimate of drug-likeness (QED) is 0.555. The van der Waals surface area contributed by atoms with Gasteiger partial charge in [0.25, 0.3) is 0 Å². The van der Waals surface area contributed by atoms with Crippen molar-refractivity contribution in [2.75, 3.05) is 6.61 Å². The second-order valence-electron chi connectivity index (χ2n) is 8.38. The van der Waals surface area contributed by atoms with E-state index in [1.807, 2.05) is 42.6 Å². The van der Waals surface area contributed by atoms with Crippen LogP contribution in [0.3, 0.4) is 0 Å². The highest BCUT2D eigenvalue weighted by molar-refractivity contribution is 5.84. The number of ether oxygens (including phenoxy) is 1. The largest absolute Gasteiger partial charge is 0.479 e. The Balaban J connectivity index is 1.44. The first-order chi connectivity index (χ1) is 15.4. The minimum Gasteiger partial charge on any atom is -0.479 e. The van der Waals surface area contributed by atoms with Crippen molar-refractivity contribution in [2.24, 2.45) is 0 Å². The minimum atomic E-state index is -1.56. The standard InChI is InChI=1S/C25H27N3O4/c1-3-8-17-13-26-28(14-17)16-25(2,23(29)30)27-24(31)32-15-22-20-11-6-4-9-18(20)19-10-5-7-12-21(19)22/h4-7,9-14,22H,3,8,15-16H2,1-2H3,(H,27,31)(H,29,30). The molecular weight excluding hydrogens is 406 g/mol. The fourth-order valence-electron chi connectivity index (χ4n) is 4.26. The third-order valence-electron chi connectivity index (χ3n) is 5.90. The molecule has 7 nitrogen and oxygen atoms in total. The van der Waals surface area contributed by atoms with Crippen LogP contribution in [0.5, 0.6) is 0 Å². The normalized spacial score (nSPS) is 14.3. The van der Waals surface area contributed by atoms with E-state index in [1.54, 1.807) is 10.9 Å². The Labute approximate surface area is 187 Å². The number of hydrogen-bond acceptors (Lipinski definition) is 4. The molecule has 1 amide bonds. The molecule has 0 fully saturated rings. The minimum absolute atomic E-state index is 0.00373. The molecule has 7 heteroatoms. The number of nitrogens with zero attached hydrogens (tertiary/aromatic N) is 2. The number of rotatable bonds is 8. The molecule has 0 aliphatic heterocycles. The van der Waals surface area contributed by atoms with Crippen LogP contribution in [-0.4, -0.2) is 39.1 Å². The van der Waals surface area contributed by atoms with Gasteiger partial charge < -0.3 is 15.2 Å². The summed E-state index contributed by atoms with van der Waals surface area (Å²) in [5, 5.41) is 16.5. The molecule has 1 unspecified atom stereocenters. The zero-order valence-corrected chi connectivity index (χ0v) is 18.2. The topological polar surface area (TPSA) is 93.5 Å². The van der Waals surface area contributed by atoms with Crippen LogP contribution in [-0.2, 0) is 22.5 Å². The highest BCUT2D eigenvalue weighted by Gasteiger charge is 2.37. The second-order valence-corrected chi connectivity index (χ2v) is 8.38. The van der Waals surface area contributed by atoms with Crippen molar-refractivity contribution in [3.63, 3.8) is 0 Å². The summed E-state index contributed by atoms with van der Waals surface area (Å²) in [5.74, 6) is -1.24. The second kappa shape index (κ2) is 8.86. The lowest BCUT2D eigenvalue weighted by Gasteiger charge is -2.26. The van der Waals surface area contributed by atoms with Gasteiger partial charge in [0, 0.05) is 12.1 Å². The van der Waals surface area contributed by atoms with Gasteiger partial charge in [-0.1, -0.05) is 61.9 Å². The monoisotopic (exact) mass is 433 g/mol. The number of carbonyl (C=O) groups excluding carboxylic acids is 1. The molecule has 1 heterocycles. The SMILES string of the molecule is CCCc1cnn(CC(C)(NC(=O)OCC2c3ccccc3-c3ccccc32)C(=O)O)c1. The maximum absolute atomic E-state index is 12.6. The first kappa shape index (κ1) is 21.6. The van der Waals surface area contributed by atoms with Crippen LogP contribution < -0.4 is 5.32 Å². The fraction of sp³-hybridized carbons (Fsp3) is 0.320. The van der Waals surface area contributed by atoms with E-state index >= 15 is 0 Å². The Morgan fingerprint density at radius 1 is 1.12 bits per heavy atom. The lowest BCUT2D eigenvalue weighted by atomic mass is 9.98. The van der Waals surface area contributed by atoms with Crippen molar-refractivity contribution in [3.8, 4) is 11.1 Å². The predicted molar refractivity (Wildman–Crippen MR) is 120 cm³/mol. The van der Waals surface area contributed by atoms with Crippen molar-refractivity contribution in [1.29, 1.82) is 0 Å². The Morgan fingerprint density at radius 3 is 2.34 bits per heavy atom. The smallest absolute Gasteiger partial charge is 0.408 e. The molecule has 0 bridgehead atoms. The van der Waals surface area contributed by atoms with E-state index in [1.165, 1.54) is 6.92 Å². The number of nitrogens with one attached hydrogen (secondary N) is 1. The summed E-state index contributed by atoms with van der Waals surface area (Å²) in [5.41, 5.74) is 3.94. The highest BCUT2D eigenvalue weighted by Crippen LogP contribution is 2.44. The number of benzene rings is 2. The molecule has 3 aromatic rings. The van der Waals surface area contributed by atoms with Gasteiger partial charge in [-0.3, -0.25) is 4.68 Å². The van der Waals surface area contributed by atoms with Crippen LogP contribution in [0.1, 0.15) is 42.9 Å². The molecule has 0 spiro atoms. The van der Waals surface area contributed by atoms with E-state index < -0.39 is 17.6 Å². The van der Waals surface area contributed by atoms with E-state index in [-0.39, 0.29) is 19.1 Å². The van der Waals surface area contributed by atoms with Crippen LogP contribution >= 0.6 is 0 Å². The molecule has 0 saturated heterocycles. The van der Waals surface area contributed by atoms with Crippen molar-refractivity contribution < 1.29 is 19.4 Å². The predicted octanol–water partition coefficient (Wildman–Crippen LogP) is 4.22. The van der Waals surface area contributed by atoms with Crippen molar-refractivity contribution in [2.45, 2.75) is 44.7 Å². The number of carboxylic acids is 1. The van der Waals surface area contributed by atoms with Crippen LogP contribution in [0, 0.1) is 0 Å². The van der Waals surface area contributed by atoms with Gasteiger partial charge in [0.15, 0.2) is 5.54 Å².